The lowest BCUT2D eigenvalue weighted by molar-refractivity contribution is -0.141. The molecule has 3 aromatic heterocycles. The first-order valence-electron chi connectivity index (χ1n) is 12.1. The maximum atomic E-state index is 12.9. The van der Waals surface area contributed by atoms with Crippen LogP contribution < -0.4 is 15.5 Å². The number of carbonyl (C=O) groups excluding carboxylic acids is 1. The number of aryl methyl sites for hydroxylation is 2. The minimum Gasteiger partial charge on any atom is -0.370 e. The van der Waals surface area contributed by atoms with E-state index in [4.69, 9.17) is 4.74 Å². The Hall–Kier alpha value is -3.68. The van der Waals surface area contributed by atoms with Crippen molar-refractivity contribution in [3.05, 3.63) is 41.1 Å². The lowest BCUT2D eigenvalue weighted by Crippen LogP contribution is -2.54. The van der Waals surface area contributed by atoms with Gasteiger partial charge in [0.15, 0.2) is 11.5 Å². The van der Waals surface area contributed by atoms with Crippen molar-refractivity contribution in [2.75, 3.05) is 22.6 Å². The van der Waals surface area contributed by atoms with Crippen LogP contribution >= 0.6 is 0 Å². The molecule has 2 atom stereocenters. The lowest BCUT2D eigenvalue weighted by Gasteiger charge is -2.39. The zero-order valence-corrected chi connectivity index (χ0v) is 22.4. The highest BCUT2D eigenvalue weighted by atomic mass is 19.4. The molecule has 0 aliphatic carbocycles. The molecule has 38 heavy (non-hydrogen) atoms. The molecule has 2 N–H and O–H groups in total. The molecule has 1 amide bonds. The van der Waals surface area contributed by atoms with E-state index in [1.54, 1.807) is 31.3 Å². The van der Waals surface area contributed by atoms with E-state index in [9.17, 15) is 18.0 Å². The third kappa shape index (κ3) is 5.90. The van der Waals surface area contributed by atoms with Gasteiger partial charge in [-0.15, -0.1) is 0 Å². The van der Waals surface area contributed by atoms with Gasteiger partial charge in [0, 0.05) is 32.4 Å². The second-order valence-corrected chi connectivity index (χ2v) is 10.4. The van der Waals surface area contributed by atoms with E-state index >= 15 is 0 Å². The zero-order valence-electron chi connectivity index (χ0n) is 22.4. The summed E-state index contributed by atoms with van der Waals surface area (Å²) in [5.74, 6) is 0.746. The highest BCUT2D eigenvalue weighted by Gasteiger charge is 2.39. The second-order valence-electron chi connectivity index (χ2n) is 10.4. The fraction of sp³-hybridized carbons (Fsp3) is 0.542. The summed E-state index contributed by atoms with van der Waals surface area (Å²) in [6, 6.07) is 0.436. The third-order valence-electron chi connectivity index (χ3n) is 6.05. The molecule has 1 aliphatic heterocycles. The predicted octanol–water partition coefficient (Wildman–Crippen LogP) is 3.35. The van der Waals surface area contributed by atoms with Crippen molar-refractivity contribution in [2.24, 2.45) is 7.05 Å². The molecule has 14 heteroatoms. The van der Waals surface area contributed by atoms with Gasteiger partial charge in [0.2, 0.25) is 11.9 Å². The largest absolute Gasteiger partial charge is 0.435 e. The average Bonchev–Trinajstić information content (AvgIpc) is 3.38. The Labute approximate surface area is 218 Å². The second kappa shape index (κ2) is 9.89. The summed E-state index contributed by atoms with van der Waals surface area (Å²) in [5, 5.41) is 13.9. The molecule has 0 bridgehead atoms. The van der Waals surface area contributed by atoms with E-state index in [0.29, 0.717) is 35.4 Å². The molecule has 4 heterocycles. The summed E-state index contributed by atoms with van der Waals surface area (Å²) in [7, 11) is 3.26. The summed E-state index contributed by atoms with van der Waals surface area (Å²) in [4.78, 5) is 23.8. The highest BCUT2D eigenvalue weighted by Crippen LogP contribution is 2.34. The van der Waals surface area contributed by atoms with Crippen molar-refractivity contribution in [3.63, 3.8) is 0 Å². The Morgan fingerprint density at radius 2 is 1.92 bits per heavy atom. The quantitative estimate of drug-likeness (QED) is 0.474. The minimum atomic E-state index is -4.50. The van der Waals surface area contributed by atoms with Crippen LogP contribution in [0.3, 0.4) is 0 Å². The third-order valence-corrected chi connectivity index (χ3v) is 6.05. The number of alkyl halides is 3. The number of carbonyl (C=O) groups is 1. The SMILES string of the molecule is Cc1nc(NCc2cnn(Cc3cc(C(F)(F)F)nn3C)c2)nc2c1NC(=O)C([C@H](C)OC(C)(C)C)N2C. The Morgan fingerprint density at radius 1 is 1.21 bits per heavy atom. The number of hydrogen-bond donors (Lipinski definition) is 2. The highest BCUT2D eigenvalue weighted by molar-refractivity contribution is 6.03. The summed E-state index contributed by atoms with van der Waals surface area (Å²) in [6.07, 6.45) is -1.55. The van der Waals surface area contributed by atoms with Gasteiger partial charge < -0.3 is 20.3 Å². The molecule has 0 fully saturated rings. The number of likely N-dealkylation sites (N-methyl/N-ethyl adjacent to an activating group) is 1. The van der Waals surface area contributed by atoms with Crippen molar-refractivity contribution in [1.82, 2.24) is 29.5 Å². The molecule has 206 valence electrons. The van der Waals surface area contributed by atoms with Crippen molar-refractivity contribution < 1.29 is 22.7 Å². The monoisotopic (exact) mass is 535 g/mol. The Bertz CT molecular complexity index is 1330. The fourth-order valence-corrected chi connectivity index (χ4v) is 4.42. The molecule has 0 aromatic carbocycles. The van der Waals surface area contributed by atoms with Crippen LogP contribution in [0.5, 0.6) is 0 Å². The molecular formula is C24H32F3N9O2. The summed E-state index contributed by atoms with van der Waals surface area (Å²) in [5.41, 5.74) is 0.952. The van der Waals surface area contributed by atoms with E-state index in [1.807, 2.05) is 27.7 Å². The number of anilines is 3. The number of nitrogens with one attached hydrogen (secondary N) is 2. The van der Waals surface area contributed by atoms with Crippen LogP contribution in [0.4, 0.5) is 30.6 Å². The summed E-state index contributed by atoms with van der Waals surface area (Å²) >= 11 is 0. The number of amides is 1. The molecule has 1 aliphatic rings. The van der Waals surface area contributed by atoms with Gasteiger partial charge in [-0.05, 0) is 40.7 Å². The van der Waals surface area contributed by atoms with Crippen molar-refractivity contribution in [2.45, 2.75) is 71.6 Å². The first kappa shape index (κ1) is 27.4. The number of fused-ring (bicyclic) bond motifs is 1. The van der Waals surface area contributed by atoms with Crippen molar-refractivity contribution in [3.8, 4) is 0 Å². The lowest BCUT2D eigenvalue weighted by atomic mass is 10.1. The van der Waals surface area contributed by atoms with Crippen LogP contribution in [0.2, 0.25) is 0 Å². The Balaban J connectivity index is 1.46. The van der Waals surface area contributed by atoms with Crippen LogP contribution in [0.1, 0.15) is 50.3 Å². The Kier molecular flexibility index (Phi) is 7.12. The van der Waals surface area contributed by atoms with Crippen LogP contribution in [-0.2, 0) is 35.8 Å². The van der Waals surface area contributed by atoms with E-state index in [2.05, 4.69) is 30.8 Å². The number of nitrogens with zero attached hydrogens (tertiary/aromatic N) is 7. The van der Waals surface area contributed by atoms with Gasteiger partial charge in [-0.25, -0.2) is 4.98 Å². The predicted molar refractivity (Wildman–Crippen MR) is 135 cm³/mol. The minimum absolute atomic E-state index is 0.134. The smallest absolute Gasteiger partial charge is 0.370 e. The molecule has 0 radical (unpaired) electrons. The molecule has 0 spiro atoms. The summed E-state index contributed by atoms with van der Waals surface area (Å²) < 4.78 is 47.6. The first-order valence-corrected chi connectivity index (χ1v) is 12.1. The molecular weight excluding hydrogens is 503 g/mol. The molecule has 11 nitrogen and oxygen atoms in total. The van der Waals surface area contributed by atoms with Gasteiger partial charge in [0.25, 0.3) is 0 Å². The molecule has 3 aromatic rings. The fourth-order valence-electron chi connectivity index (χ4n) is 4.42. The number of halogens is 3. The van der Waals surface area contributed by atoms with Gasteiger partial charge in [0.05, 0.1) is 35.8 Å². The summed E-state index contributed by atoms with van der Waals surface area (Å²) in [6.45, 7) is 9.92. The van der Waals surface area contributed by atoms with E-state index in [-0.39, 0.29) is 12.5 Å². The molecule has 0 saturated heterocycles. The maximum absolute atomic E-state index is 12.9. The number of aromatic nitrogens is 6. The van der Waals surface area contributed by atoms with Crippen molar-refractivity contribution in [1.29, 1.82) is 0 Å². The van der Waals surface area contributed by atoms with Crippen LogP contribution in [-0.4, -0.2) is 60.2 Å². The average molecular weight is 536 g/mol. The van der Waals surface area contributed by atoms with Gasteiger partial charge in [-0.2, -0.15) is 28.4 Å². The topological polar surface area (TPSA) is 115 Å². The van der Waals surface area contributed by atoms with E-state index in [0.717, 1.165) is 11.6 Å². The van der Waals surface area contributed by atoms with Crippen LogP contribution in [0.15, 0.2) is 18.5 Å². The molecule has 0 saturated carbocycles. The molecule has 4 rings (SSSR count). The van der Waals surface area contributed by atoms with Gasteiger partial charge >= 0.3 is 6.18 Å². The maximum Gasteiger partial charge on any atom is 0.435 e. The first-order chi connectivity index (χ1) is 17.6. The number of ether oxygens (including phenoxy) is 1. The standard InChI is InChI=1S/C24H32F3N9O2/c1-13-18-20(34(6)19(21(37)31-18)14(2)38-23(3,4)5)32-22(30-13)28-9-15-10-29-36(11-15)12-16-8-17(24(25,26)27)33-35(16)7/h8,10-11,14,19H,9,12H2,1-7H3,(H,31,37)(H,28,30,32)/t14-,19?/m0/s1. The number of rotatable bonds is 7. The normalized spacial score (nSPS) is 16.8. The van der Waals surface area contributed by atoms with Crippen LogP contribution in [0.25, 0.3) is 0 Å². The molecule has 1 unspecified atom stereocenters. The van der Waals surface area contributed by atoms with Gasteiger partial charge in [0.1, 0.15) is 11.7 Å². The van der Waals surface area contributed by atoms with Gasteiger partial charge in [-0.1, -0.05) is 0 Å². The number of hydrogen-bond acceptors (Lipinski definition) is 8. The van der Waals surface area contributed by atoms with E-state index < -0.39 is 29.6 Å². The van der Waals surface area contributed by atoms with Crippen molar-refractivity contribution >= 4 is 23.4 Å². The zero-order chi connectivity index (χ0) is 28.0. The van der Waals surface area contributed by atoms with E-state index in [1.165, 1.54) is 16.4 Å². The van der Waals surface area contributed by atoms with Gasteiger partial charge in [-0.3, -0.25) is 14.2 Å². The van der Waals surface area contributed by atoms with Crippen LogP contribution in [0, 0.1) is 6.92 Å². The Morgan fingerprint density at radius 3 is 2.55 bits per heavy atom.